The smallest absolute Gasteiger partial charge is 0.224 e. The summed E-state index contributed by atoms with van der Waals surface area (Å²) in [5.41, 5.74) is 1.37. The molecular formula is C20H32N4O2. The molecule has 1 aliphatic carbocycles. The molecule has 1 N–H and O–H groups in total. The van der Waals surface area contributed by atoms with Gasteiger partial charge >= 0.3 is 0 Å². The average molecular weight is 361 g/mol. The molecule has 2 aliphatic heterocycles. The molecule has 3 heterocycles. The van der Waals surface area contributed by atoms with Gasteiger partial charge in [-0.15, -0.1) is 0 Å². The Morgan fingerprint density at radius 1 is 1.23 bits per heavy atom. The molecule has 6 nitrogen and oxygen atoms in total. The standard InChI is InChI=1S/C20H32N4O2/c25-20(17-3-1-11-23(15-17)18-7-13-26-14-8-18)21-9-2-12-24-19(6-10-22-24)16-4-5-16/h6,10,16-18H,1-5,7-9,11-15H2,(H,21,25)/t17-/m0/s1. The van der Waals surface area contributed by atoms with E-state index in [9.17, 15) is 4.79 Å². The van der Waals surface area contributed by atoms with Gasteiger partial charge in [0.1, 0.15) is 0 Å². The summed E-state index contributed by atoms with van der Waals surface area (Å²) >= 11 is 0. The van der Waals surface area contributed by atoms with E-state index in [2.05, 4.69) is 26.1 Å². The molecule has 0 bridgehead atoms. The summed E-state index contributed by atoms with van der Waals surface area (Å²) in [5.74, 6) is 1.12. The van der Waals surface area contributed by atoms with Crippen LogP contribution in [0, 0.1) is 5.92 Å². The molecule has 1 saturated carbocycles. The molecule has 4 rings (SSSR count). The van der Waals surface area contributed by atoms with Gasteiger partial charge in [-0.3, -0.25) is 14.4 Å². The second-order valence-electron chi connectivity index (χ2n) is 8.08. The third kappa shape index (κ3) is 4.46. The zero-order chi connectivity index (χ0) is 17.8. The van der Waals surface area contributed by atoms with Crippen LogP contribution in [0.3, 0.4) is 0 Å². The molecule has 1 aromatic rings. The predicted octanol–water partition coefficient (Wildman–Crippen LogP) is 2.16. The maximum atomic E-state index is 12.6. The van der Waals surface area contributed by atoms with Crippen LogP contribution in [0.1, 0.15) is 56.6 Å². The van der Waals surface area contributed by atoms with Crippen LogP contribution < -0.4 is 5.32 Å². The van der Waals surface area contributed by atoms with Gasteiger partial charge in [-0.25, -0.2) is 0 Å². The van der Waals surface area contributed by atoms with Crippen molar-refractivity contribution in [3.8, 4) is 0 Å². The van der Waals surface area contributed by atoms with E-state index >= 15 is 0 Å². The number of ether oxygens (including phenoxy) is 1. The third-order valence-electron chi connectivity index (χ3n) is 6.12. The minimum absolute atomic E-state index is 0.151. The minimum Gasteiger partial charge on any atom is -0.381 e. The van der Waals surface area contributed by atoms with E-state index in [4.69, 9.17) is 4.74 Å². The second-order valence-corrected chi connectivity index (χ2v) is 8.08. The summed E-state index contributed by atoms with van der Waals surface area (Å²) in [5, 5.41) is 7.60. The molecular weight excluding hydrogens is 328 g/mol. The summed E-state index contributed by atoms with van der Waals surface area (Å²) in [6, 6.07) is 2.75. The molecule has 0 spiro atoms. The number of aryl methyl sites for hydroxylation is 1. The van der Waals surface area contributed by atoms with Crippen LogP contribution >= 0.6 is 0 Å². The summed E-state index contributed by atoms with van der Waals surface area (Å²) in [6.07, 6.45) is 9.83. The predicted molar refractivity (Wildman–Crippen MR) is 100.0 cm³/mol. The second kappa shape index (κ2) is 8.53. The molecule has 0 unspecified atom stereocenters. The highest BCUT2D eigenvalue weighted by Crippen LogP contribution is 2.39. The maximum absolute atomic E-state index is 12.6. The van der Waals surface area contributed by atoms with Gasteiger partial charge in [-0.2, -0.15) is 5.10 Å². The van der Waals surface area contributed by atoms with Crippen molar-refractivity contribution in [2.75, 3.05) is 32.8 Å². The molecule has 1 atom stereocenters. The van der Waals surface area contributed by atoms with E-state index in [0.717, 1.165) is 77.4 Å². The molecule has 0 aromatic carbocycles. The van der Waals surface area contributed by atoms with Crippen LogP contribution in [-0.2, 0) is 16.1 Å². The number of aromatic nitrogens is 2. The Labute approximate surface area is 156 Å². The fourth-order valence-electron chi connectivity index (χ4n) is 4.44. The SMILES string of the molecule is O=C(NCCCn1nccc1C1CC1)[C@H]1CCCN(C2CCOCC2)C1. The van der Waals surface area contributed by atoms with E-state index in [1.807, 2.05) is 6.20 Å². The molecule has 6 heteroatoms. The largest absolute Gasteiger partial charge is 0.381 e. The number of piperidine rings is 1. The number of hydrogen-bond donors (Lipinski definition) is 1. The first-order valence-corrected chi connectivity index (χ1v) is 10.4. The summed E-state index contributed by atoms with van der Waals surface area (Å²) in [4.78, 5) is 15.1. The van der Waals surface area contributed by atoms with Crippen LogP contribution in [0.2, 0.25) is 0 Å². The molecule has 3 fully saturated rings. The Morgan fingerprint density at radius 3 is 2.88 bits per heavy atom. The molecule has 26 heavy (non-hydrogen) atoms. The average Bonchev–Trinajstić information content (AvgIpc) is 3.44. The number of rotatable bonds is 7. The molecule has 1 aromatic heterocycles. The lowest BCUT2D eigenvalue weighted by Crippen LogP contribution is -2.48. The number of nitrogens with one attached hydrogen (secondary N) is 1. The maximum Gasteiger partial charge on any atom is 0.224 e. The van der Waals surface area contributed by atoms with Crippen molar-refractivity contribution in [3.63, 3.8) is 0 Å². The van der Waals surface area contributed by atoms with Gasteiger partial charge in [0.05, 0.1) is 5.92 Å². The highest BCUT2D eigenvalue weighted by molar-refractivity contribution is 5.78. The van der Waals surface area contributed by atoms with Crippen LogP contribution in [0.15, 0.2) is 12.3 Å². The Hall–Kier alpha value is -1.40. The number of hydrogen-bond acceptors (Lipinski definition) is 4. The van der Waals surface area contributed by atoms with E-state index < -0.39 is 0 Å². The van der Waals surface area contributed by atoms with Crippen LogP contribution in [0.5, 0.6) is 0 Å². The number of likely N-dealkylation sites (tertiary alicyclic amines) is 1. The van der Waals surface area contributed by atoms with Crippen molar-refractivity contribution in [1.29, 1.82) is 0 Å². The van der Waals surface area contributed by atoms with Gasteiger partial charge in [0.2, 0.25) is 5.91 Å². The Balaban J connectivity index is 1.18. The van der Waals surface area contributed by atoms with E-state index in [-0.39, 0.29) is 11.8 Å². The van der Waals surface area contributed by atoms with Crippen LogP contribution in [0.4, 0.5) is 0 Å². The number of amides is 1. The Kier molecular flexibility index (Phi) is 5.90. The van der Waals surface area contributed by atoms with E-state index in [1.54, 1.807) is 0 Å². The number of carbonyl (C=O) groups excluding carboxylic acids is 1. The summed E-state index contributed by atoms with van der Waals surface area (Å²) < 4.78 is 7.60. The zero-order valence-corrected chi connectivity index (χ0v) is 15.7. The molecule has 0 radical (unpaired) electrons. The van der Waals surface area contributed by atoms with Crippen molar-refractivity contribution < 1.29 is 9.53 Å². The lowest BCUT2D eigenvalue weighted by atomic mass is 9.94. The number of carbonyl (C=O) groups is 1. The first-order valence-electron chi connectivity index (χ1n) is 10.4. The topological polar surface area (TPSA) is 59.4 Å². The van der Waals surface area contributed by atoms with Crippen molar-refractivity contribution >= 4 is 5.91 Å². The number of nitrogens with zero attached hydrogens (tertiary/aromatic N) is 3. The summed E-state index contributed by atoms with van der Waals surface area (Å²) in [7, 11) is 0. The van der Waals surface area contributed by atoms with Gasteiger partial charge in [0.25, 0.3) is 0 Å². The van der Waals surface area contributed by atoms with Crippen molar-refractivity contribution in [1.82, 2.24) is 20.0 Å². The van der Waals surface area contributed by atoms with Gasteiger partial charge in [0.15, 0.2) is 0 Å². The molecule has 2 saturated heterocycles. The van der Waals surface area contributed by atoms with Gasteiger partial charge in [-0.1, -0.05) is 0 Å². The van der Waals surface area contributed by atoms with Gasteiger partial charge in [0, 0.05) is 56.7 Å². The first kappa shape index (κ1) is 18.0. The van der Waals surface area contributed by atoms with Crippen molar-refractivity contribution in [2.45, 2.75) is 63.5 Å². The fraction of sp³-hybridized carbons (Fsp3) is 0.800. The third-order valence-corrected chi connectivity index (χ3v) is 6.12. The van der Waals surface area contributed by atoms with Crippen LogP contribution in [0.25, 0.3) is 0 Å². The van der Waals surface area contributed by atoms with Gasteiger partial charge in [-0.05, 0) is 57.6 Å². The van der Waals surface area contributed by atoms with E-state index in [0.29, 0.717) is 6.04 Å². The zero-order valence-electron chi connectivity index (χ0n) is 15.7. The van der Waals surface area contributed by atoms with Crippen molar-refractivity contribution in [2.24, 2.45) is 5.92 Å². The lowest BCUT2D eigenvalue weighted by Gasteiger charge is -2.39. The lowest BCUT2D eigenvalue weighted by molar-refractivity contribution is -0.127. The Morgan fingerprint density at radius 2 is 2.08 bits per heavy atom. The minimum atomic E-state index is 0.151. The monoisotopic (exact) mass is 360 g/mol. The van der Waals surface area contributed by atoms with Gasteiger partial charge < -0.3 is 10.1 Å². The quantitative estimate of drug-likeness (QED) is 0.757. The molecule has 1 amide bonds. The molecule has 144 valence electrons. The highest BCUT2D eigenvalue weighted by atomic mass is 16.5. The highest BCUT2D eigenvalue weighted by Gasteiger charge is 2.30. The van der Waals surface area contributed by atoms with Crippen LogP contribution in [-0.4, -0.2) is 59.5 Å². The normalized spacial score (nSPS) is 25.3. The van der Waals surface area contributed by atoms with E-state index in [1.165, 1.54) is 18.5 Å². The van der Waals surface area contributed by atoms with Crippen molar-refractivity contribution in [3.05, 3.63) is 18.0 Å². The first-order chi connectivity index (χ1) is 12.8. The Bertz CT molecular complexity index is 592. The summed E-state index contributed by atoms with van der Waals surface area (Å²) in [6.45, 7) is 5.44. The molecule has 3 aliphatic rings. The fourth-order valence-corrected chi connectivity index (χ4v) is 4.44.